The summed E-state index contributed by atoms with van der Waals surface area (Å²) < 4.78 is 0. The third-order valence-electron chi connectivity index (χ3n) is 3.46. The zero-order valence-electron chi connectivity index (χ0n) is 12.1. The summed E-state index contributed by atoms with van der Waals surface area (Å²) in [5, 5.41) is 2.24. The highest BCUT2D eigenvalue weighted by molar-refractivity contribution is 6.42. The van der Waals surface area contributed by atoms with Gasteiger partial charge in [0.2, 0.25) is 0 Å². The van der Waals surface area contributed by atoms with Crippen molar-refractivity contribution in [2.75, 3.05) is 0 Å². The summed E-state index contributed by atoms with van der Waals surface area (Å²) in [6.45, 7) is 1.96. The van der Waals surface area contributed by atoms with E-state index in [1.54, 1.807) is 12.1 Å². The lowest BCUT2D eigenvalue weighted by atomic mass is 10.1. The van der Waals surface area contributed by atoms with E-state index in [9.17, 15) is 0 Å². The standard InChI is InChI=1S/C17H12Cl4N2/c1-9-17(11-5-12(18)8-13(19)6-11)23-15(22-9)7-10-3-2-4-14(20)16(10)21/h2-6,8H,7H2,1H3,(H,22,23). The van der Waals surface area contributed by atoms with Crippen LogP contribution in [-0.4, -0.2) is 9.97 Å². The zero-order valence-corrected chi connectivity index (χ0v) is 15.2. The van der Waals surface area contributed by atoms with Crippen LogP contribution in [0.4, 0.5) is 0 Å². The molecule has 0 aliphatic rings. The smallest absolute Gasteiger partial charge is 0.111 e. The van der Waals surface area contributed by atoms with Gasteiger partial charge >= 0.3 is 0 Å². The van der Waals surface area contributed by atoms with E-state index in [0.717, 1.165) is 28.3 Å². The molecule has 0 saturated carbocycles. The van der Waals surface area contributed by atoms with Crippen molar-refractivity contribution in [3.8, 4) is 11.3 Å². The summed E-state index contributed by atoms with van der Waals surface area (Å²) in [4.78, 5) is 7.93. The number of aryl methyl sites for hydroxylation is 1. The van der Waals surface area contributed by atoms with Crippen molar-refractivity contribution in [1.82, 2.24) is 9.97 Å². The number of H-pyrrole nitrogens is 1. The van der Waals surface area contributed by atoms with Gasteiger partial charge in [0.25, 0.3) is 0 Å². The Morgan fingerprint density at radius 1 is 1.00 bits per heavy atom. The predicted molar refractivity (Wildman–Crippen MR) is 98.0 cm³/mol. The van der Waals surface area contributed by atoms with Crippen molar-refractivity contribution in [3.63, 3.8) is 0 Å². The number of nitrogens with one attached hydrogen (secondary N) is 1. The van der Waals surface area contributed by atoms with Crippen LogP contribution in [0.1, 0.15) is 17.1 Å². The van der Waals surface area contributed by atoms with Gasteiger partial charge in [-0.05, 0) is 36.8 Å². The first kappa shape index (κ1) is 16.7. The van der Waals surface area contributed by atoms with Crippen LogP contribution in [0.15, 0.2) is 36.4 Å². The highest BCUT2D eigenvalue weighted by Crippen LogP contribution is 2.30. The molecule has 0 aliphatic carbocycles. The lowest BCUT2D eigenvalue weighted by Crippen LogP contribution is -1.92. The van der Waals surface area contributed by atoms with Crippen molar-refractivity contribution < 1.29 is 0 Å². The largest absolute Gasteiger partial charge is 0.345 e. The lowest BCUT2D eigenvalue weighted by Gasteiger charge is -2.03. The fourth-order valence-electron chi connectivity index (χ4n) is 2.44. The van der Waals surface area contributed by atoms with Crippen molar-refractivity contribution in [2.45, 2.75) is 13.3 Å². The molecule has 0 amide bonds. The van der Waals surface area contributed by atoms with E-state index in [-0.39, 0.29) is 0 Å². The third-order valence-corrected chi connectivity index (χ3v) is 4.75. The van der Waals surface area contributed by atoms with E-state index in [4.69, 9.17) is 46.4 Å². The third kappa shape index (κ3) is 3.67. The molecule has 2 nitrogen and oxygen atoms in total. The Bertz CT molecular complexity index is 851. The van der Waals surface area contributed by atoms with Crippen LogP contribution in [0.5, 0.6) is 0 Å². The average molecular weight is 386 g/mol. The van der Waals surface area contributed by atoms with Gasteiger partial charge in [0, 0.05) is 27.7 Å². The maximum absolute atomic E-state index is 6.24. The normalized spacial score (nSPS) is 11.0. The summed E-state index contributed by atoms with van der Waals surface area (Å²) in [7, 11) is 0. The van der Waals surface area contributed by atoms with Crippen LogP contribution in [-0.2, 0) is 6.42 Å². The molecule has 6 heteroatoms. The molecule has 2 aromatic carbocycles. The number of nitrogens with zero attached hydrogens (tertiary/aromatic N) is 1. The minimum Gasteiger partial charge on any atom is -0.345 e. The number of halogens is 4. The van der Waals surface area contributed by atoms with Crippen molar-refractivity contribution in [3.05, 3.63) is 73.6 Å². The minimum absolute atomic E-state index is 0.536. The van der Waals surface area contributed by atoms with Gasteiger partial charge < -0.3 is 4.98 Å². The molecule has 0 saturated heterocycles. The van der Waals surface area contributed by atoms with Crippen molar-refractivity contribution in [1.29, 1.82) is 0 Å². The summed E-state index contributed by atoms with van der Waals surface area (Å²) in [5.41, 5.74) is 3.56. The van der Waals surface area contributed by atoms with Gasteiger partial charge in [0.15, 0.2) is 0 Å². The first-order chi connectivity index (χ1) is 10.9. The topological polar surface area (TPSA) is 28.7 Å². The lowest BCUT2D eigenvalue weighted by molar-refractivity contribution is 1.02. The maximum atomic E-state index is 6.24. The van der Waals surface area contributed by atoms with Gasteiger partial charge in [-0.3, -0.25) is 0 Å². The fourth-order valence-corrected chi connectivity index (χ4v) is 3.36. The van der Waals surface area contributed by atoms with Crippen LogP contribution >= 0.6 is 46.4 Å². The van der Waals surface area contributed by atoms with Crippen LogP contribution < -0.4 is 0 Å². The molecule has 3 rings (SSSR count). The number of hydrogen-bond donors (Lipinski definition) is 1. The molecule has 0 unspecified atom stereocenters. The van der Waals surface area contributed by atoms with E-state index in [1.165, 1.54) is 0 Å². The number of aromatic nitrogens is 2. The second kappa shape index (κ2) is 6.74. The summed E-state index contributed by atoms with van der Waals surface area (Å²) >= 11 is 24.4. The Kier molecular flexibility index (Phi) is 4.88. The molecule has 0 fully saturated rings. The number of benzene rings is 2. The van der Waals surface area contributed by atoms with Crippen molar-refractivity contribution >= 4 is 46.4 Å². The first-order valence-corrected chi connectivity index (χ1v) is 8.40. The average Bonchev–Trinajstić information content (AvgIpc) is 2.84. The summed E-state index contributed by atoms with van der Waals surface area (Å²) in [6.07, 6.45) is 0.564. The zero-order chi connectivity index (χ0) is 16.6. The monoisotopic (exact) mass is 384 g/mol. The van der Waals surface area contributed by atoms with Gasteiger partial charge in [-0.15, -0.1) is 0 Å². The molecule has 1 heterocycles. The second-order valence-corrected chi connectivity index (χ2v) is 6.86. The van der Waals surface area contributed by atoms with E-state index < -0.39 is 0 Å². The quantitative estimate of drug-likeness (QED) is 0.541. The Balaban J connectivity index is 1.96. The maximum Gasteiger partial charge on any atom is 0.111 e. The molecule has 0 bridgehead atoms. The van der Waals surface area contributed by atoms with E-state index in [0.29, 0.717) is 26.5 Å². The molecule has 1 N–H and O–H groups in total. The summed E-state index contributed by atoms with van der Waals surface area (Å²) in [5.74, 6) is 0.803. The molecular weight excluding hydrogens is 374 g/mol. The minimum atomic E-state index is 0.536. The SMILES string of the molecule is Cc1[nH]c(Cc2cccc(Cl)c2Cl)nc1-c1cc(Cl)cc(Cl)c1. The second-order valence-electron chi connectivity index (χ2n) is 5.20. The summed E-state index contributed by atoms with van der Waals surface area (Å²) in [6, 6.07) is 10.9. The Labute approximate surface area is 154 Å². The van der Waals surface area contributed by atoms with Crippen LogP contribution in [0.25, 0.3) is 11.3 Å². The molecule has 0 atom stereocenters. The molecule has 118 valence electrons. The fraction of sp³-hybridized carbons (Fsp3) is 0.118. The molecule has 0 spiro atoms. The van der Waals surface area contributed by atoms with Crippen LogP contribution in [0.3, 0.4) is 0 Å². The Morgan fingerprint density at radius 2 is 1.70 bits per heavy atom. The predicted octanol–water partition coefficient (Wildman–Crippen LogP) is 6.59. The molecule has 3 aromatic rings. The van der Waals surface area contributed by atoms with Crippen LogP contribution in [0, 0.1) is 6.92 Å². The van der Waals surface area contributed by atoms with E-state index >= 15 is 0 Å². The molecular formula is C17H12Cl4N2. The van der Waals surface area contributed by atoms with Gasteiger partial charge in [-0.25, -0.2) is 4.98 Å². The molecule has 23 heavy (non-hydrogen) atoms. The van der Waals surface area contributed by atoms with Gasteiger partial charge in [0.05, 0.1) is 15.7 Å². The first-order valence-electron chi connectivity index (χ1n) is 6.89. The van der Waals surface area contributed by atoms with Crippen molar-refractivity contribution in [2.24, 2.45) is 0 Å². The Hall–Kier alpha value is -1.19. The van der Waals surface area contributed by atoms with Crippen LogP contribution in [0.2, 0.25) is 20.1 Å². The molecule has 1 aromatic heterocycles. The Morgan fingerprint density at radius 3 is 2.39 bits per heavy atom. The molecule has 0 aliphatic heterocycles. The van der Waals surface area contributed by atoms with Gasteiger partial charge in [-0.1, -0.05) is 58.5 Å². The van der Waals surface area contributed by atoms with Gasteiger partial charge in [0.1, 0.15) is 5.82 Å². The number of rotatable bonds is 3. The number of hydrogen-bond acceptors (Lipinski definition) is 1. The molecule has 0 radical (unpaired) electrons. The van der Waals surface area contributed by atoms with Gasteiger partial charge in [-0.2, -0.15) is 0 Å². The number of imidazole rings is 1. The highest BCUT2D eigenvalue weighted by Gasteiger charge is 2.13. The number of aromatic amines is 1. The van der Waals surface area contributed by atoms with E-state index in [1.807, 2.05) is 31.2 Å². The van der Waals surface area contributed by atoms with E-state index in [2.05, 4.69) is 9.97 Å². The highest BCUT2D eigenvalue weighted by atomic mass is 35.5.